The number of amides is 1. The van der Waals surface area contributed by atoms with E-state index in [1.165, 1.54) is 11.1 Å². The molecule has 38 heavy (non-hydrogen) atoms. The van der Waals surface area contributed by atoms with E-state index >= 15 is 0 Å². The predicted octanol–water partition coefficient (Wildman–Crippen LogP) is 4.04. The maximum absolute atomic E-state index is 13.0. The molecule has 0 aliphatic carbocycles. The minimum Gasteiger partial charge on any atom is -0.494 e. The molecule has 2 fully saturated rings. The highest BCUT2D eigenvalue weighted by molar-refractivity contribution is 5.83. The molecular weight excluding hydrogens is 480 g/mol. The summed E-state index contributed by atoms with van der Waals surface area (Å²) in [5, 5.41) is 16.8. The molecule has 1 aromatic carbocycles. The van der Waals surface area contributed by atoms with Crippen LogP contribution in [0.15, 0.2) is 22.7 Å². The zero-order valence-electron chi connectivity index (χ0n) is 22.9. The minimum absolute atomic E-state index is 0.0530. The summed E-state index contributed by atoms with van der Waals surface area (Å²) in [4.78, 5) is 21.5. The molecule has 1 aromatic heterocycles. The van der Waals surface area contributed by atoms with Crippen LogP contribution in [0.2, 0.25) is 0 Å². The van der Waals surface area contributed by atoms with E-state index < -0.39 is 0 Å². The van der Waals surface area contributed by atoms with E-state index in [0.717, 1.165) is 56.8 Å². The number of nitrogens with zero attached hydrogens (tertiary/aromatic N) is 5. The number of anilines is 1. The second-order valence-electron chi connectivity index (χ2n) is 11.4. The number of aromatic nitrogens is 2. The lowest BCUT2D eigenvalue weighted by molar-refractivity contribution is -0.133. The van der Waals surface area contributed by atoms with Crippen molar-refractivity contribution in [2.45, 2.75) is 83.8 Å². The molecule has 1 N–H and O–H groups in total. The predicted molar refractivity (Wildman–Crippen MR) is 144 cm³/mol. The summed E-state index contributed by atoms with van der Waals surface area (Å²) in [6, 6.07) is 8.62. The standard InChI is InChI=1S/C29H40N6O3/c1-19(2)27-32-29(38-33-27)34-12-8-21(9-13-34)20(3)10-14-37-25-7-6-22-16-26(31-18-23(22)15-25)28(36)35-11-4-5-24(35)17-30/h6-7,15,19-21,24,26,31H,4-5,8-14,16,18H2,1-3H3. The van der Waals surface area contributed by atoms with Crippen LogP contribution in [-0.2, 0) is 17.8 Å². The lowest BCUT2D eigenvalue weighted by Gasteiger charge is -2.33. The number of piperidine rings is 1. The van der Waals surface area contributed by atoms with Crippen molar-refractivity contribution in [2.24, 2.45) is 11.8 Å². The number of fused-ring (bicyclic) bond motifs is 1. The molecular formula is C29H40N6O3. The molecule has 204 valence electrons. The average molecular weight is 521 g/mol. The fourth-order valence-corrected chi connectivity index (χ4v) is 5.97. The molecule has 2 saturated heterocycles. The van der Waals surface area contributed by atoms with Gasteiger partial charge in [0.25, 0.3) is 0 Å². The normalized spacial score (nSPS) is 22.8. The third-order valence-corrected chi connectivity index (χ3v) is 8.53. The molecule has 1 amide bonds. The summed E-state index contributed by atoms with van der Waals surface area (Å²) in [7, 11) is 0. The topological polar surface area (TPSA) is 108 Å². The van der Waals surface area contributed by atoms with Crippen molar-refractivity contribution in [3.05, 3.63) is 35.2 Å². The lowest BCUT2D eigenvalue weighted by Crippen LogP contribution is -2.50. The summed E-state index contributed by atoms with van der Waals surface area (Å²) < 4.78 is 11.6. The fraction of sp³-hybridized carbons (Fsp3) is 0.655. The number of benzene rings is 1. The van der Waals surface area contributed by atoms with Gasteiger partial charge in [-0.05, 0) is 73.6 Å². The van der Waals surface area contributed by atoms with Crippen LogP contribution in [0.25, 0.3) is 0 Å². The lowest BCUT2D eigenvalue weighted by atomic mass is 9.84. The molecule has 0 radical (unpaired) electrons. The van der Waals surface area contributed by atoms with Gasteiger partial charge in [-0.3, -0.25) is 4.79 Å². The number of rotatable bonds is 8. The Morgan fingerprint density at radius 3 is 2.76 bits per heavy atom. The second kappa shape index (κ2) is 11.7. The van der Waals surface area contributed by atoms with Crippen molar-refractivity contribution >= 4 is 11.9 Å². The Balaban J connectivity index is 1.06. The number of likely N-dealkylation sites (tertiary alicyclic amines) is 1. The molecule has 2 aromatic rings. The van der Waals surface area contributed by atoms with Crippen molar-refractivity contribution in [1.82, 2.24) is 20.4 Å². The molecule has 9 nitrogen and oxygen atoms in total. The summed E-state index contributed by atoms with van der Waals surface area (Å²) >= 11 is 0. The molecule has 3 aliphatic heterocycles. The van der Waals surface area contributed by atoms with Crippen molar-refractivity contribution in [2.75, 3.05) is 31.1 Å². The van der Waals surface area contributed by atoms with Gasteiger partial charge in [0.2, 0.25) is 5.91 Å². The Morgan fingerprint density at radius 2 is 2.03 bits per heavy atom. The second-order valence-corrected chi connectivity index (χ2v) is 11.4. The summed E-state index contributed by atoms with van der Waals surface area (Å²) in [5.74, 6) is 3.24. The Hall–Kier alpha value is -3.12. The van der Waals surface area contributed by atoms with E-state index in [2.05, 4.69) is 59.3 Å². The minimum atomic E-state index is -0.278. The first kappa shape index (κ1) is 26.5. The van der Waals surface area contributed by atoms with Gasteiger partial charge in [-0.25, -0.2) is 0 Å². The van der Waals surface area contributed by atoms with E-state index in [1.807, 2.05) is 6.07 Å². The van der Waals surface area contributed by atoms with Crippen LogP contribution >= 0.6 is 0 Å². The Kier molecular flexibility index (Phi) is 8.18. The number of carbonyl (C=O) groups excluding carboxylic acids is 1. The number of hydrogen-bond donors (Lipinski definition) is 1. The van der Waals surface area contributed by atoms with Crippen LogP contribution in [0.1, 0.15) is 75.7 Å². The van der Waals surface area contributed by atoms with E-state index in [9.17, 15) is 10.1 Å². The molecule has 5 rings (SSSR count). The van der Waals surface area contributed by atoms with Crippen LogP contribution in [-0.4, -0.2) is 59.3 Å². The van der Waals surface area contributed by atoms with E-state index in [4.69, 9.17) is 9.26 Å². The van der Waals surface area contributed by atoms with Crippen LogP contribution in [0.4, 0.5) is 6.01 Å². The van der Waals surface area contributed by atoms with Crippen LogP contribution in [0, 0.1) is 23.2 Å². The van der Waals surface area contributed by atoms with Gasteiger partial charge in [0, 0.05) is 32.1 Å². The maximum atomic E-state index is 13.0. The summed E-state index contributed by atoms with van der Waals surface area (Å²) in [5.41, 5.74) is 2.37. The molecule has 3 aliphatic rings. The highest BCUT2D eigenvalue weighted by Crippen LogP contribution is 2.30. The van der Waals surface area contributed by atoms with Gasteiger partial charge in [0.1, 0.15) is 11.8 Å². The maximum Gasteiger partial charge on any atom is 0.324 e. The monoisotopic (exact) mass is 520 g/mol. The molecule has 4 heterocycles. The van der Waals surface area contributed by atoms with Crippen molar-refractivity contribution in [3.63, 3.8) is 0 Å². The third kappa shape index (κ3) is 5.80. The number of nitriles is 1. The third-order valence-electron chi connectivity index (χ3n) is 8.53. The van der Waals surface area contributed by atoms with Gasteiger partial charge >= 0.3 is 6.01 Å². The number of ether oxygens (including phenoxy) is 1. The first-order valence-electron chi connectivity index (χ1n) is 14.2. The SMILES string of the molecule is CC(C)c1noc(N2CCC(C(C)CCOc3ccc4c(c3)CNC(C(=O)N3CCCC3C#N)C4)CC2)n1. The average Bonchev–Trinajstić information content (AvgIpc) is 3.63. The van der Waals surface area contributed by atoms with E-state index in [1.54, 1.807) is 4.90 Å². The number of hydrogen-bond acceptors (Lipinski definition) is 8. The van der Waals surface area contributed by atoms with Gasteiger partial charge in [-0.15, -0.1) is 0 Å². The quantitative estimate of drug-likeness (QED) is 0.556. The first-order chi connectivity index (χ1) is 18.4. The molecule has 0 spiro atoms. The smallest absolute Gasteiger partial charge is 0.324 e. The van der Waals surface area contributed by atoms with Crippen LogP contribution < -0.4 is 15.0 Å². The first-order valence-corrected chi connectivity index (χ1v) is 14.2. The van der Waals surface area contributed by atoms with Gasteiger partial charge < -0.3 is 24.4 Å². The molecule has 0 saturated carbocycles. The summed E-state index contributed by atoms with van der Waals surface area (Å²) in [6.07, 6.45) is 5.61. The largest absolute Gasteiger partial charge is 0.494 e. The van der Waals surface area contributed by atoms with Crippen LogP contribution in [0.3, 0.4) is 0 Å². The van der Waals surface area contributed by atoms with Gasteiger partial charge in [0.15, 0.2) is 5.82 Å². The Labute approximate surface area is 225 Å². The summed E-state index contributed by atoms with van der Waals surface area (Å²) in [6.45, 7) is 10.4. The Morgan fingerprint density at radius 1 is 1.21 bits per heavy atom. The zero-order chi connectivity index (χ0) is 26.6. The van der Waals surface area contributed by atoms with E-state index in [0.29, 0.717) is 44.0 Å². The van der Waals surface area contributed by atoms with Crippen molar-refractivity contribution in [1.29, 1.82) is 5.26 Å². The molecule has 9 heteroatoms. The van der Waals surface area contributed by atoms with Gasteiger partial charge in [-0.1, -0.05) is 32.0 Å². The zero-order valence-corrected chi connectivity index (χ0v) is 22.9. The number of nitrogens with one attached hydrogen (secondary N) is 1. The van der Waals surface area contributed by atoms with Crippen molar-refractivity contribution < 1.29 is 14.1 Å². The number of carbonyl (C=O) groups is 1. The van der Waals surface area contributed by atoms with Crippen LogP contribution in [0.5, 0.6) is 5.75 Å². The van der Waals surface area contributed by atoms with E-state index in [-0.39, 0.29) is 23.9 Å². The fourth-order valence-electron chi connectivity index (χ4n) is 5.97. The van der Waals surface area contributed by atoms with Gasteiger partial charge in [0.05, 0.1) is 18.7 Å². The Bertz CT molecular complexity index is 1150. The highest BCUT2D eigenvalue weighted by Gasteiger charge is 2.34. The molecule has 0 bridgehead atoms. The van der Waals surface area contributed by atoms with Gasteiger partial charge in [-0.2, -0.15) is 10.2 Å². The highest BCUT2D eigenvalue weighted by atomic mass is 16.5. The molecule has 3 unspecified atom stereocenters. The van der Waals surface area contributed by atoms with Crippen molar-refractivity contribution in [3.8, 4) is 11.8 Å². The molecule has 3 atom stereocenters.